The summed E-state index contributed by atoms with van der Waals surface area (Å²) in [6.07, 6.45) is 0.158. The summed E-state index contributed by atoms with van der Waals surface area (Å²) in [6, 6.07) is 20.3. The van der Waals surface area contributed by atoms with E-state index in [1.807, 2.05) is 48.5 Å². The van der Waals surface area contributed by atoms with Crippen LogP contribution >= 0.6 is 0 Å². The Balaban J connectivity index is 2.08. The molecule has 6 heteroatoms. The number of ether oxygens (including phenoxy) is 2. The van der Waals surface area contributed by atoms with Gasteiger partial charge in [0.2, 0.25) is 0 Å². The first-order valence-corrected chi connectivity index (χ1v) is 8.63. The normalized spacial score (nSPS) is 11.3. The summed E-state index contributed by atoms with van der Waals surface area (Å²) >= 11 is 0. The molecule has 0 amide bonds. The first-order valence-electron chi connectivity index (χ1n) is 8.63. The number of methoxy groups -OCH3 is 1. The molecular weight excluding hydrogens is 364 g/mol. The van der Waals surface area contributed by atoms with Gasteiger partial charge in [-0.25, -0.2) is 0 Å². The van der Waals surface area contributed by atoms with Crippen molar-refractivity contribution < 1.29 is 9.47 Å². The highest BCUT2D eigenvalue weighted by Crippen LogP contribution is 2.47. The van der Waals surface area contributed by atoms with Gasteiger partial charge in [-0.1, -0.05) is 24.3 Å². The zero-order chi connectivity index (χ0) is 20.8. The molecule has 1 aliphatic carbocycles. The smallest absolute Gasteiger partial charge is 0.133 e. The van der Waals surface area contributed by atoms with Crippen LogP contribution in [0.3, 0.4) is 0 Å². The first-order chi connectivity index (χ1) is 14.2. The second-order valence-corrected chi connectivity index (χ2v) is 6.15. The molecule has 29 heavy (non-hydrogen) atoms. The van der Waals surface area contributed by atoms with Crippen molar-refractivity contribution in [2.45, 2.75) is 13.0 Å². The lowest BCUT2D eigenvalue weighted by Crippen LogP contribution is -1.99. The maximum atomic E-state index is 9.37. The fourth-order valence-electron chi connectivity index (χ4n) is 3.21. The lowest BCUT2D eigenvalue weighted by molar-refractivity contribution is 0.305. The number of benzene rings is 2. The monoisotopic (exact) mass is 378 g/mol. The second-order valence-electron chi connectivity index (χ2n) is 6.15. The molecule has 2 aromatic carbocycles. The van der Waals surface area contributed by atoms with E-state index in [1.165, 1.54) is 0 Å². The van der Waals surface area contributed by atoms with Crippen molar-refractivity contribution in [2.75, 3.05) is 7.11 Å². The molecule has 0 bridgehead atoms. The van der Waals surface area contributed by atoms with Gasteiger partial charge in [0.05, 0.1) is 7.11 Å². The molecular formula is C23H14N4O2. The van der Waals surface area contributed by atoms with Crippen LogP contribution in [0.15, 0.2) is 53.6 Å². The highest BCUT2D eigenvalue weighted by molar-refractivity contribution is 6.00. The Kier molecular flexibility index (Phi) is 5.61. The van der Waals surface area contributed by atoms with Crippen LogP contribution in [0.2, 0.25) is 0 Å². The van der Waals surface area contributed by atoms with Crippen LogP contribution in [0.5, 0.6) is 11.5 Å². The fourth-order valence-corrected chi connectivity index (χ4v) is 3.21. The largest absolute Gasteiger partial charge is 0.497 e. The van der Waals surface area contributed by atoms with Gasteiger partial charge in [-0.2, -0.15) is 21.0 Å². The van der Waals surface area contributed by atoms with Crippen LogP contribution in [0.1, 0.15) is 23.1 Å². The molecule has 6 nitrogen and oxygen atoms in total. The molecule has 0 aliphatic heterocycles. The summed E-state index contributed by atoms with van der Waals surface area (Å²) < 4.78 is 11.1. The Morgan fingerprint density at radius 2 is 1.48 bits per heavy atom. The average Bonchev–Trinajstić information content (AvgIpc) is 3.14. The Morgan fingerprint density at radius 3 is 2.07 bits per heavy atom. The quantitative estimate of drug-likeness (QED) is 0.734. The molecule has 0 N–H and O–H groups in total. The van der Waals surface area contributed by atoms with Crippen molar-refractivity contribution in [3.63, 3.8) is 0 Å². The van der Waals surface area contributed by atoms with Crippen molar-refractivity contribution >= 4 is 11.1 Å². The molecule has 0 radical (unpaired) electrons. The van der Waals surface area contributed by atoms with E-state index in [9.17, 15) is 21.0 Å². The van der Waals surface area contributed by atoms with Gasteiger partial charge in [-0.15, -0.1) is 0 Å². The summed E-state index contributed by atoms with van der Waals surface area (Å²) in [5, 5.41) is 37.3. The Morgan fingerprint density at radius 1 is 0.862 bits per heavy atom. The molecule has 0 saturated heterocycles. The molecule has 138 valence electrons. The summed E-state index contributed by atoms with van der Waals surface area (Å²) in [6.45, 7) is 0.268. The molecule has 0 spiro atoms. The van der Waals surface area contributed by atoms with Crippen molar-refractivity contribution in [3.8, 4) is 35.8 Å². The minimum atomic E-state index is -0.0584. The maximum Gasteiger partial charge on any atom is 0.133 e. The van der Waals surface area contributed by atoms with Crippen molar-refractivity contribution in [2.24, 2.45) is 0 Å². The molecule has 2 aromatic rings. The average molecular weight is 378 g/mol. The summed E-state index contributed by atoms with van der Waals surface area (Å²) in [7, 11) is 1.59. The zero-order valence-corrected chi connectivity index (χ0v) is 15.6. The van der Waals surface area contributed by atoms with Crippen LogP contribution in [0.4, 0.5) is 0 Å². The number of allylic oxidation sites excluding steroid dienone is 4. The highest BCUT2D eigenvalue weighted by atomic mass is 16.5. The molecule has 0 heterocycles. The lowest BCUT2D eigenvalue weighted by Gasteiger charge is -2.12. The molecule has 0 unspecified atom stereocenters. The lowest BCUT2D eigenvalue weighted by atomic mass is 10.0. The number of nitriles is 4. The van der Waals surface area contributed by atoms with Crippen molar-refractivity contribution in [3.05, 3.63) is 70.3 Å². The summed E-state index contributed by atoms with van der Waals surface area (Å²) in [5.41, 5.74) is 3.00. The van der Waals surface area contributed by atoms with Gasteiger partial charge in [0, 0.05) is 12.0 Å². The van der Waals surface area contributed by atoms with E-state index in [1.54, 1.807) is 25.3 Å². The summed E-state index contributed by atoms with van der Waals surface area (Å²) in [5.74, 6) is 1.23. The van der Waals surface area contributed by atoms with Gasteiger partial charge in [0.15, 0.2) is 0 Å². The predicted octanol–water partition coefficient (Wildman–Crippen LogP) is 4.28. The molecule has 0 fully saturated rings. The number of rotatable bonds is 4. The third-order valence-corrected chi connectivity index (χ3v) is 4.61. The van der Waals surface area contributed by atoms with Crippen LogP contribution in [-0.2, 0) is 6.61 Å². The molecule has 1 aliphatic rings. The minimum Gasteiger partial charge on any atom is -0.497 e. The standard InChI is InChI=1S/C23H14N4O2/c1-28-18-7-5-15(6-8-18)14-29-22-4-2-3-19-20(16(10-24)11-25)9-21(23(19)22)17(12-26)13-27/h2-8H,9,14H2,1H3. The minimum absolute atomic E-state index is 0.0382. The number of fused-ring (bicyclic) bond motifs is 1. The topological polar surface area (TPSA) is 114 Å². The van der Waals surface area contributed by atoms with E-state index in [-0.39, 0.29) is 24.2 Å². The first kappa shape index (κ1) is 19.2. The Hall–Kier alpha value is -4.52. The van der Waals surface area contributed by atoms with E-state index >= 15 is 0 Å². The van der Waals surface area contributed by atoms with Gasteiger partial charge >= 0.3 is 0 Å². The van der Waals surface area contributed by atoms with Gasteiger partial charge < -0.3 is 9.47 Å². The summed E-state index contributed by atoms with van der Waals surface area (Å²) in [4.78, 5) is 0. The molecule has 0 atom stereocenters. The van der Waals surface area contributed by atoms with Crippen LogP contribution in [-0.4, -0.2) is 7.11 Å². The van der Waals surface area contributed by atoms with E-state index in [0.29, 0.717) is 28.0 Å². The van der Waals surface area contributed by atoms with Crippen molar-refractivity contribution in [1.82, 2.24) is 0 Å². The Bertz CT molecular complexity index is 1160. The number of nitrogens with zero attached hydrogens (tertiary/aromatic N) is 4. The highest BCUT2D eigenvalue weighted by Gasteiger charge is 2.30. The van der Waals surface area contributed by atoms with Crippen LogP contribution < -0.4 is 9.47 Å². The Labute approximate surface area is 168 Å². The maximum absolute atomic E-state index is 9.37. The van der Waals surface area contributed by atoms with E-state index in [4.69, 9.17) is 9.47 Å². The zero-order valence-electron chi connectivity index (χ0n) is 15.6. The van der Waals surface area contributed by atoms with Crippen LogP contribution in [0.25, 0.3) is 11.1 Å². The molecule has 0 saturated carbocycles. The van der Waals surface area contributed by atoms with Crippen molar-refractivity contribution in [1.29, 1.82) is 21.0 Å². The van der Waals surface area contributed by atoms with Gasteiger partial charge in [0.25, 0.3) is 0 Å². The predicted molar refractivity (Wildman–Crippen MR) is 105 cm³/mol. The van der Waals surface area contributed by atoms with E-state index in [2.05, 4.69) is 0 Å². The third-order valence-electron chi connectivity index (χ3n) is 4.61. The fraction of sp³-hybridized carbons (Fsp3) is 0.130. The molecule has 3 rings (SSSR count). The second kappa shape index (κ2) is 8.45. The number of hydrogen-bond acceptors (Lipinski definition) is 6. The van der Waals surface area contributed by atoms with Gasteiger partial charge in [0.1, 0.15) is 53.5 Å². The van der Waals surface area contributed by atoms with Gasteiger partial charge in [-0.05, 0) is 40.5 Å². The number of hydrogen-bond donors (Lipinski definition) is 0. The van der Waals surface area contributed by atoms with E-state index in [0.717, 1.165) is 11.3 Å². The molecule has 0 aromatic heterocycles. The third kappa shape index (κ3) is 3.65. The van der Waals surface area contributed by atoms with Gasteiger partial charge in [-0.3, -0.25) is 0 Å². The SMILES string of the molecule is COc1ccc(COc2cccc3c2C(=C(C#N)C#N)CC3=C(C#N)C#N)cc1. The van der Waals surface area contributed by atoms with E-state index < -0.39 is 0 Å². The van der Waals surface area contributed by atoms with Crippen LogP contribution in [0, 0.1) is 45.3 Å².